The molecule has 1 aliphatic heterocycles. The molecule has 1 aliphatic rings. The van der Waals surface area contributed by atoms with E-state index in [2.05, 4.69) is 5.10 Å². The summed E-state index contributed by atoms with van der Waals surface area (Å²) in [5.74, 6) is 0.737. The van der Waals surface area contributed by atoms with Crippen LogP contribution in [0.5, 0.6) is 0 Å². The molecule has 1 aromatic rings. The average Bonchev–Trinajstić information content (AvgIpc) is 2.93. The molecule has 1 fully saturated rings. The molecule has 2 rings (SSSR count). The van der Waals surface area contributed by atoms with E-state index < -0.39 is 0 Å². The van der Waals surface area contributed by atoms with E-state index >= 15 is 0 Å². The predicted molar refractivity (Wildman–Crippen MR) is 75.9 cm³/mol. The molecule has 0 aliphatic carbocycles. The van der Waals surface area contributed by atoms with Crippen LogP contribution in [0.1, 0.15) is 32.4 Å². The number of aliphatic hydroxyl groups is 1. The Morgan fingerprint density at radius 3 is 2.80 bits per heavy atom. The van der Waals surface area contributed by atoms with Crippen molar-refractivity contribution in [3.8, 4) is 0 Å². The van der Waals surface area contributed by atoms with Gasteiger partial charge in [-0.3, -0.25) is 10.1 Å². The van der Waals surface area contributed by atoms with Gasteiger partial charge in [-0.2, -0.15) is 5.10 Å². The summed E-state index contributed by atoms with van der Waals surface area (Å²) < 4.78 is 1.60. The molecule has 112 valence electrons. The first-order valence-electron chi connectivity index (χ1n) is 7.09. The van der Waals surface area contributed by atoms with Crippen LogP contribution in [0.3, 0.4) is 0 Å². The van der Waals surface area contributed by atoms with Crippen LogP contribution in [0, 0.1) is 16.0 Å². The Morgan fingerprint density at radius 1 is 1.60 bits per heavy atom. The lowest BCUT2D eigenvalue weighted by atomic mass is 10.0. The van der Waals surface area contributed by atoms with Crippen LogP contribution in [0.4, 0.5) is 11.5 Å². The molecule has 1 saturated heterocycles. The lowest BCUT2D eigenvalue weighted by Crippen LogP contribution is -2.26. The Morgan fingerprint density at radius 2 is 2.30 bits per heavy atom. The van der Waals surface area contributed by atoms with E-state index in [0.29, 0.717) is 24.5 Å². The fraction of sp³-hybridized carbons (Fsp3) is 0.769. The van der Waals surface area contributed by atoms with Gasteiger partial charge in [-0.25, -0.2) is 4.68 Å². The van der Waals surface area contributed by atoms with Gasteiger partial charge < -0.3 is 10.0 Å². The molecule has 0 aromatic carbocycles. The van der Waals surface area contributed by atoms with Crippen LogP contribution in [0.15, 0.2) is 0 Å². The molecule has 1 N–H and O–H groups in total. The molecule has 0 radical (unpaired) electrons. The van der Waals surface area contributed by atoms with Gasteiger partial charge in [0.1, 0.15) is 5.69 Å². The summed E-state index contributed by atoms with van der Waals surface area (Å²) in [6, 6.07) is 0. The lowest BCUT2D eigenvalue weighted by molar-refractivity contribution is -0.384. The highest BCUT2D eigenvalue weighted by Gasteiger charge is 2.35. The number of nitrogens with zero attached hydrogens (tertiary/aromatic N) is 4. The van der Waals surface area contributed by atoms with Crippen molar-refractivity contribution in [2.24, 2.45) is 13.0 Å². The number of hydrogen-bond donors (Lipinski definition) is 1. The van der Waals surface area contributed by atoms with Crippen molar-refractivity contribution in [2.75, 3.05) is 18.0 Å². The minimum Gasteiger partial charge on any atom is -0.393 e. The second-order valence-corrected chi connectivity index (χ2v) is 5.48. The normalized spacial score (nSPS) is 20.4. The number of aliphatic hydroxyl groups excluding tert-OH is 1. The third-order valence-corrected chi connectivity index (χ3v) is 3.94. The van der Waals surface area contributed by atoms with Crippen molar-refractivity contribution in [2.45, 2.75) is 39.2 Å². The zero-order chi connectivity index (χ0) is 14.9. The van der Waals surface area contributed by atoms with Gasteiger partial charge in [-0.1, -0.05) is 13.3 Å². The Hall–Kier alpha value is -1.63. The molecule has 20 heavy (non-hydrogen) atoms. The van der Waals surface area contributed by atoms with Gasteiger partial charge in [0.15, 0.2) is 0 Å². The molecule has 7 heteroatoms. The smallest absolute Gasteiger partial charge is 0.334 e. The third-order valence-electron chi connectivity index (χ3n) is 3.94. The summed E-state index contributed by atoms with van der Waals surface area (Å²) in [5.41, 5.74) is 0.677. The van der Waals surface area contributed by atoms with Gasteiger partial charge in [0.05, 0.1) is 11.0 Å². The summed E-state index contributed by atoms with van der Waals surface area (Å²) in [7, 11) is 1.75. The fourth-order valence-electron chi connectivity index (χ4n) is 2.88. The zero-order valence-corrected chi connectivity index (χ0v) is 12.2. The number of rotatable bonds is 5. The van der Waals surface area contributed by atoms with Crippen molar-refractivity contribution in [3.63, 3.8) is 0 Å². The topological polar surface area (TPSA) is 84.4 Å². The van der Waals surface area contributed by atoms with Crippen molar-refractivity contribution >= 4 is 11.5 Å². The minimum absolute atomic E-state index is 0.126. The van der Waals surface area contributed by atoms with Gasteiger partial charge in [-0.15, -0.1) is 0 Å². The van der Waals surface area contributed by atoms with Gasteiger partial charge >= 0.3 is 5.69 Å². The van der Waals surface area contributed by atoms with Gasteiger partial charge in [0, 0.05) is 26.1 Å². The third kappa shape index (κ3) is 2.63. The maximum Gasteiger partial charge on any atom is 0.334 e. The first kappa shape index (κ1) is 14.8. The van der Waals surface area contributed by atoms with E-state index in [1.807, 2.05) is 11.8 Å². The molecule has 0 spiro atoms. The van der Waals surface area contributed by atoms with Crippen molar-refractivity contribution < 1.29 is 10.0 Å². The Kier molecular flexibility index (Phi) is 4.27. The first-order valence-corrected chi connectivity index (χ1v) is 7.09. The number of hydrogen-bond acceptors (Lipinski definition) is 5. The molecule has 2 unspecified atom stereocenters. The number of aryl methyl sites for hydroxylation is 2. The van der Waals surface area contributed by atoms with Crippen LogP contribution in [-0.2, 0) is 13.5 Å². The standard InChI is InChI=1S/C13H22N4O3/c1-4-5-11-12(17(19)20)13(15(3)14-11)16-7-6-10(8-16)9(2)18/h9-10,18H,4-8H2,1-3H3. The molecular formula is C13H22N4O3. The lowest BCUT2D eigenvalue weighted by Gasteiger charge is -2.18. The van der Waals surface area contributed by atoms with E-state index in [1.54, 1.807) is 18.7 Å². The molecule has 0 saturated carbocycles. The van der Waals surface area contributed by atoms with Gasteiger partial charge in [0.2, 0.25) is 5.82 Å². The molecule has 2 heterocycles. The van der Waals surface area contributed by atoms with Crippen LogP contribution in [0.25, 0.3) is 0 Å². The quantitative estimate of drug-likeness (QED) is 0.653. The summed E-state index contributed by atoms with van der Waals surface area (Å²) in [5, 5.41) is 25.4. The summed E-state index contributed by atoms with van der Waals surface area (Å²) in [4.78, 5) is 13.0. The highest BCUT2D eigenvalue weighted by atomic mass is 16.6. The highest BCUT2D eigenvalue weighted by molar-refractivity contribution is 5.62. The van der Waals surface area contributed by atoms with Crippen LogP contribution in [0.2, 0.25) is 0 Å². The van der Waals surface area contributed by atoms with Gasteiger partial charge in [-0.05, 0) is 19.8 Å². The second kappa shape index (κ2) is 5.78. The highest BCUT2D eigenvalue weighted by Crippen LogP contribution is 2.35. The molecule has 2 atom stereocenters. The van der Waals surface area contributed by atoms with E-state index in [0.717, 1.165) is 19.4 Å². The van der Waals surface area contributed by atoms with Crippen LogP contribution in [-0.4, -0.2) is 39.0 Å². The first-order chi connectivity index (χ1) is 9.45. The summed E-state index contributed by atoms with van der Waals surface area (Å²) in [6.07, 6.45) is 1.90. The molecule has 7 nitrogen and oxygen atoms in total. The maximum absolute atomic E-state index is 11.4. The Bertz CT molecular complexity index is 498. The Labute approximate surface area is 118 Å². The number of aromatic nitrogens is 2. The van der Waals surface area contributed by atoms with E-state index in [-0.39, 0.29) is 22.6 Å². The fourth-order valence-corrected chi connectivity index (χ4v) is 2.88. The SMILES string of the molecule is CCCc1nn(C)c(N2CCC(C(C)O)C2)c1[N+](=O)[O-]. The van der Waals surface area contributed by atoms with Crippen molar-refractivity contribution in [3.05, 3.63) is 15.8 Å². The second-order valence-electron chi connectivity index (χ2n) is 5.48. The Balaban J connectivity index is 2.34. The minimum atomic E-state index is -0.387. The number of nitro groups is 1. The summed E-state index contributed by atoms with van der Waals surface area (Å²) >= 11 is 0. The van der Waals surface area contributed by atoms with Crippen LogP contribution >= 0.6 is 0 Å². The molecule has 0 amide bonds. The van der Waals surface area contributed by atoms with E-state index in [1.165, 1.54) is 0 Å². The van der Waals surface area contributed by atoms with E-state index in [9.17, 15) is 15.2 Å². The predicted octanol–water partition coefficient (Wildman–Crippen LogP) is 1.49. The van der Waals surface area contributed by atoms with Crippen LogP contribution < -0.4 is 4.90 Å². The largest absolute Gasteiger partial charge is 0.393 e. The maximum atomic E-state index is 11.4. The average molecular weight is 282 g/mol. The van der Waals surface area contributed by atoms with Crippen molar-refractivity contribution in [1.29, 1.82) is 0 Å². The van der Waals surface area contributed by atoms with E-state index in [4.69, 9.17) is 0 Å². The molecular weight excluding hydrogens is 260 g/mol. The summed E-state index contributed by atoms with van der Waals surface area (Å²) in [6.45, 7) is 5.12. The van der Waals surface area contributed by atoms with Crippen molar-refractivity contribution in [1.82, 2.24) is 9.78 Å². The molecule has 0 bridgehead atoms. The number of anilines is 1. The van der Waals surface area contributed by atoms with Gasteiger partial charge in [0.25, 0.3) is 0 Å². The monoisotopic (exact) mass is 282 g/mol. The molecule has 1 aromatic heterocycles. The zero-order valence-electron chi connectivity index (χ0n) is 12.2.